The normalized spacial score (nSPS) is 15.1. The second kappa shape index (κ2) is 4.96. The summed E-state index contributed by atoms with van der Waals surface area (Å²) in [5.41, 5.74) is 6.43. The molecule has 1 heterocycles. The van der Waals surface area contributed by atoms with Gasteiger partial charge in [-0.05, 0) is 18.4 Å². The number of nitrogens with two attached hydrogens (primary N) is 1. The third kappa shape index (κ3) is 2.45. The molecule has 0 aliphatic rings. The number of nitrogens with zero attached hydrogens (tertiary/aromatic N) is 1. The molecule has 2 unspecified atom stereocenters. The van der Waals surface area contributed by atoms with Crippen molar-refractivity contribution in [2.24, 2.45) is 5.92 Å². The van der Waals surface area contributed by atoms with E-state index in [-0.39, 0.29) is 5.92 Å². The zero-order chi connectivity index (χ0) is 10.6. The van der Waals surface area contributed by atoms with Crippen LogP contribution < -0.4 is 5.73 Å². The van der Waals surface area contributed by atoms with E-state index in [0.29, 0.717) is 5.82 Å². The summed E-state index contributed by atoms with van der Waals surface area (Å²) >= 11 is 0. The van der Waals surface area contributed by atoms with Crippen molar-refractivity contribution in [3.05, 3.63) is 23.9 Å². The van der Waals surface area contributed by atoms with Gasteiger partial charge >= 0.3 is 0 Å². The Labute approximate surface area is 85.0 Å². The van der Waals surface area contributed by atoms with E-state index in [9.17, 15) is 5.11 Å². The molecule has 0 aliphatic heterocycles. The molecule has 1 rings (SSSR count). The largest absolute Gasteiger partial charge is 0.388 e. The highest BCUT2D eigenvalue weighted by atomic mass is 16.3. The highest BCUT2D eigenvalue weighted by molar-refractivity contribution is 5.40. The van der Waals surface area contributed by atoms with Crippen molar-refractivity contribution in [2.45, 2.75) is 32.8 Å². The number of aromatic nitrogens is 1. The second-order valence-corrected chi connectivity index (χ2v) is 3.69. The first kappa shape index (κ1) is 11.0. The lowest BCUT2D eigenvalue weighted by molar-refractivity contribution is 0.113. The topological polar surface area (TPSA) is 59.1 Å². The van der Waals surface area contributed by atoms with E-state index in [1.807, 2.05) is 13.0 Å². The van der Waals surface area contributed by atoms with Crippen molar-refractivity contribution < 1.29 is 5.11 Å². The molecule has 0 aromatic carbocycles. The summed E-state index contributed by atoms with van der Waals surface area (Å²) < 4.78 is 0. The zero-order valence-electron chi connectivity index (χ0n) is 8.77. The van der Waals surface area contributed by atoms with E-state index in [0.717, 1.165) is 18.4 Å². The molecule has 0 saturated carbocycles. The smallest absolute Gasteiger partial charge is 0.129 e. The van der Waals surface area contributed by atoms with Crippen molar-refractivity contribution in [3.8, 4) is 0 Å². The van der Waals surface area contributed by atoms with Gasteiger partial charge in [0.05, 0.1) is 6.10 Å². The molecule has 14 heavy (non-hydrogen) atoms. The first-order valence-corrected chi connectivity index (χ1v) is 5.05. The van der Waals surface area contributed by atoms with E-state index in [2.05, 4.69) is 11.9 Å². The minimum atomic E-state index is -0.497. The molecule has 78 valence electrons. The third-order valence-electron chi connectivity index (χ3n) is 2.47. The summed E-state index contributed by atoms with van der Waals surface area (Å²) in [7, 11) is 0. The summed E-state index contributed by atoms with van der Waals surface area (Å²) in [4.78, 5) is 3.96. The lowest BCUT2D eigenvalue weighted by atomic mass is 9.94. The Kier molecular flexibility index (Phi) is 3.89. The van der Waals surface area contributed by atoms with Gasteiger partial charge in [0.1, 0.15) is 5.82 Å². The number of pyridine rings is 1. The van der Waals surface area contributed by atoms with Gasteiger partial charge in [0.25, 0.3) is 0 Å². The lowest BCUT2D eigenvalue weighted by Gasteiger charge is -2.19. The Morgan fingerprint density at radius 2 is 2.29 bits per heavy atom. The molecule has 1 aromatic rings. The molecule has 3 nitrogen and oxygen atoms in total. The van der Waals surface area contributed by atoms with Gasteiger partial charge in [0.15, 0.2) is 0 Å². The van der Waals surface area contributed by atoms with Crippen LogP contribution in [0.15, 0.2) is 18.3 Å². The number of aliphatic hydroxyl groups is 1. The molecular formula is C11H18N2O. The van der Waals surface area contributed by atoms with Gasteiger partial charge in [0, 0.05) is 11.8 Å². The maximum atomic E-state index is 9.98. The van der Waals surface area contributed by atoms with Crippen LogP contribution in [0, 0.1) is 5.92 Å². The van der Waals surface area contributed by atoms with E-state index in [1.54, 1.807) is 12.3 Å². The number of aliphatic hydroxyl groups excluding tert-OH is 1. The number of hydrogen-bond donors (Lipinski definition) is 2. The fraction of sp³-hybridized carbons (Fsp3) is 0.545. The molecule has 1 aromatic heterocycles. The molecule has 0 fully saturated rings. The summed E-state index contributed by atoms with van der Waals surface area (Å²) in [5.74, 6) is 0.662. The average molecular weight is 194 g/mol. The maximum absolute atomic E-state index is 9.98. The Balaban J connectivity index is 2.78. The van der Waals surface area contributed by atoms with Crippen LogP contribution in [0.5, 0.6) is 0 Å². The molecule has 0 bridgehead atoms. The summed E-state index contributed by atoms with van der Waals surface area (Å²) in [6, 6.07) is 3.63. The molecule has 0 amide bonds. The van der Waals surface area contributed by atoms with Crippen LogP contribution in [0.25, 0.3) is 0 Å². The average Bonchev–Trinajstić information content (AvgIpc) is 2.18. The van der Waals surface area contributed by atoms with Crippen LogP contribution in [0.3, 0.4) is 0 Å². The van der Waals surface area contributed by atoms with Crippen molar-refractivity contribution in [3.63, 3.8) is 0 Å². The second-order valence-electron chi connectivity index (χ2n) is 3.69. The minimum absolute atomic E-state index is 0.228. The molecule has 0 spiro atoms. The lowest BCUT2D eigenvalue weighted by Crippen LogP contribution is -2.11. The third-order valence-corrected chi connectivity index (χ3v) is 2.47. The first-order chi connectivity index (χ1) is 6.66. The van der Waals surface area contributed by atoms with E-state index in [1.165, 1.54) is 0 Å². The van der Waals surface area contributed by atoms with Crippen LogP contribution in [0.4, 0.5) is 5.82 Å². The Hall–Kier alpha value is -1.09. The Bertz CT molecular complexity index is 288. The predicted octanol–water partition coefficient (Wildman–Crippen LogP) is 2.13. The first-order valence-electron chi connectivity index (χ1n) is 5.05. The molecule has 0 radical (unpaired) electrons. The zero-order valence-corrected chi connectivity index (χ0v) is 8.77. The van der Waals surface area contributed by atoms with Crippen LogP contribution in [0.2, 0.25) is 0 Å². The molecule has 3 N–H and O–H groups in total. The molecule has 3 heteroatoms. The highest BCUT2D eigenvalue weighted by Crippen LogP contribution is 2.27. The minimum Gasteiger partial charge on any atom is -0.388 e. The monoisotopic (exact) mass is 194 g/mol. The molecule has 0 saturated heterocycles. The fourth-order valence-corrected chi connectivity index (χ4v) is 1.60. The van der Waals surface area contributed by atoms with Crippen LogP contribution in [-0.2, 0) is 0 Å². The Morgan fingerprint density at radius 3 is 2.86 bits per heavy atom. The van der Waals surface area contributed by atoms with Gasteiger partial charge in [0.2, 0.25) is 0 Å². The van der Waals surface area contributed by atoms with Crippen molar-refractivity contribution in [1.82, 2.24) is 4.98 Å². The van der Waals surface area contributed by atoms with Gasteiger partial charge in [-0.3, -0.25) is 0 Å². The van der Waals surface area contributed by atoms with Gasteiger partial charge in [-0.1, -0.05) is 26.3 Å². The van der Waals surface area contributed by atoms with Crippen molar-refractivity contribution in [1.29, 1.82) is 0 Å². The molecule has 2 atom stereocenters. The fourth-order valence-electron chi connectivity index (χ4n) is 1.60. The number of hydrogen-bond acceptors (Lipinski definition) is 3. The SMILES string of the molecule is CCCC(C)C(O)c1cccnc1N. The van der Waals surface area contributed by atoms with Gasteiger partial charge in [-0.25, -0.2) is 4.98 Å². The van der Waals surface area contributed by atoms with Gasteiger partial charge in [-0.2, -0.15) is 0 Å². The highest BCUT2D eigenvalue weighted by Gasteiger charge is 2.17. The summed E-state index contributed by atoms with van der Waals surface area (Å²) in [5, 5.41) is 9.98. The number of nitrogen functional groups attached to an aromatic ring is 1. The van der Waals surface area contributed by atoms with Crippen molar-refractivity contribution in [2.75, 3.05) is 5.73 Å². The van der Waals surface area contributed by atoms with E-state index < -0.39 is 6.10 Å². The van der Waals surface area contributed by atoms with E-state index >= 15 is 0 Å². The Morgan fingerprint density at radius 1 is 1.57 bits per heavy atom. The van der Waals surface area contributed by atoms with Crippen molar-refractivity contribution >= 4 is 5.82 Å². The van der Waals surface area contributed by atoms with Gasteiger partial charge < -0.3 is 10.8 Å². The molecule has 0 aliphatic carbocycles. The standard InChI is InChI=1S/C11H18N2O/c1-3-5-8(2)10(14)9-6-4-7-13-11(9)12/h4,6-8,10,14H,3,5H2,1-2H3,(H2,12,13). The number of anilines is 1. The quantitative estimate of drug-likeness (QED) is 0.772. The van der Waals surface area contributed by atoms with Crippen LogP contribution in [0.1, 0.15) is 38.4 Å². The number of rotatable bonds is 4. The predicted molar refractivity (Wildman–Crippen MR) is 57.7 cm³/mol. The molecular weight excluding hydrogens is 176 g/mol. The van der Waals surface area contributed by atoms with Crippen LogP contribution in [-0.4, -0.2) is 10.1 Å². The summed E-state index contributed by atoms with van der Waals surface area (Å²) in [6.07, 6.45) is 3.20. The van der Waals surface area contributed by atoms with Gasteiger partial charge in [-0.15, -0.1) is 0 Å². The maximum Gasteiger partial charge on any atom is 0.129 e. The summed E-state index contributed by atoms with van der Waals surface area (Å²) in [6.45, 7) is 4.14. The van der Waals surface area contributed by atoms with Crippen LogP contribution >= 0.6 is 0 Å². The van der Waals surface area contributed by atoms with E-state index in [4.69, 9.17) is 5.73 Å².